The number of carboxylic acids is 1. The quantitative estimate of drug-likeness (QED) is 0.782. The molecule has 6 nitrogen and oxygen atoms in total. The summed E-state index contributed by atoms with van der Waals surface area (Å²) in [6.45, 7) is 3.39. The second-order valence-corrected chi connectivity index (χ2v) is 3.56. The Morgan fingerprint density at radius 1 is 1.62 bits per heavy atom. The molecular weight excluding hydrogens is 210 g/mol. The minimum Gasteiger partial charge on any atom is -0.480 e. The highest BCUT2D eigenvalue weighted by atomic mass is 16.4. The summed E-state index contributed by atoms with van der Waals surface area (Å²) in [5.41, 5.74) is 1.09. The SMILES string of the molecule is CCc1cc(C(=O)N(C)C(C)C(=O)O)n[nH]1. The minimum atomic E-state index is -1.04. The molecule has 16 heavy (non-hydrogen) atoms. The molecule has 2 N–H and O–H groups in total. The van der Waals surface area contributed by atoms with E-state index < -0.39 is 17.9 Å². The molecule has 0 aliphatic heterocycles. The maximum absolute atomic E-state index is 11.8. The van der Waals surface area contributed by atoms with Gasteiger partial charge in [0.1, 0.15) is 11.7 Å². The Morgan fingerprint density at radius 3 is 2.69 bits per heavy atom. The van der Waals surface area contributed by atoms with Crippen molar-refractivity contribution >= 4 is 11.9 Å². The number of aromatic nitrogens is 2. The van der Waals surface area contributed by atoms with Gasteiger partial charge in [0.25, 0.3) is 5.91 Å². The largest absolute Gasteiger partial charge is 0.480 e. The van der Waals surface area contributed by atoms with Crippen LogP contribution in [0.25, 0.3) is 0 Å². The zero-order valence-electron chi connectivity index (χ0n) is 9.52. The summed E-state index contributed by atoms with van der Waals surface area (Å²) in [4.78, 5) is 23.7. The Kier molecular flexibility index (Phi) is 3.65. The summed E-state index contributed by atoms with van der Waals surface area (Å²) in [6.07, 6.45) is 0.748. The number of hydrogen-bond acceptors (Lipinski definition) is 3. The van der Waals surface area contributed by atoms with Crippen molar-refractivity contribution in [3.8, 4) is 0 Å². The molecule has 1 atom stereocenters. The van der Waals surface area contributed by atoms with E-state index >= 15 is 0 Å². The van der Waals surface area contributed by atoms with E-state index in [1.807, 2.05) is 6.92 Å². The van der Waals surface area contributed by atoms with Gasteiger partial charge in [-0.25, -0.2) is 4.79 Å². The van der Waals surface area contributed by atoms with Crippen LogP contribution in [-0.2, 0) is 11.2 Å². The number of carboxylic acid groups (broad SMARTS) is 1. The monoisotopic (exact) mass is 225 g/mol. The summed E-state index contributed by atoms with van der Waals surface area (Å²) in [5, 5.41) is 15.3. The minimum absolute atomic E-state index is 0.243. The fraction of sp³-hybridized carbons (Fsp3) is 0.500. The van der Waals surface area contributed by atoms with Crippen molar-refractivity contribution in [2.24, 2.45) is 0 Å². The van der Waals surface area contributed by atoms with Gasteiger partial charge in [0.15, 0.2) is 0 Å². The van der Waals surface area contributed by atoms with Crippen LogP contribution in [0.15, 0.2) is 6.07 Å². The van der Waals surface area contributed by atoms with Gasteiger partial charge < -0.3 is 10.0 Å². The lowest BCUT2D eigenvalue weighted by molar-refractivity contribution is -0.141. The standard InChI is InChI=1S/C10H15N3O3/c1-4-7-5-8(12-11-7)9(14)13(3)6(2)10(15)16/h5-6H,4H2,1-3H3,(H,11,12)(H,15,16). The number of rotatable bonds is 4. The second kappa shape index (κ2) is 4.78. The molecule has 1 unspecified atom stereocenters. The number of amides is 1. The molecule has 1 aromatic rings. The normalized spacial score (nSPS) is 12.2. The van der Waals surface area contributed by atoms with E-state index in [-0.39, 0.29) is 5.69 Å². The third kappa shape index (κ3) is 2.39. The summed E-state index contributed by atoms with van der Waals surface area (Å²) in [6, 6.07) is 0.766. The highest BCUT2D eigenvalue weighted by Gasteiger charge is 2.24. The Hall–Kier alpha value is -1.85. The van der Waals surface area contributed by atoms with Crippen molar-refractivity contribution in [3.63, 3.8) is 0 Å². The first kappa shape index (κ1) is 12.2. The second-order valence-electron chi connectivity index (χ2n) is 3.56. The number of aromatic amines is 1. The lowest BCUT2D eigenvalue weighted by Gasteiger charge is -2.20. The van der Waals surface area contributed by atoms with Crippen molar-refractivity contribution in [3.05, 3.63) is 17.5 Å². The van der Waals surface area contributed by atoms with Gasteiger partial charge in [-0.1, -0.05) is 6.92 Å². The first-order valence-corrected chi connectivity index (χ1v) is 5.01. The fourth-order valence-electron chi connectivity index (χ4n) is 1.17. The molecule has 0 fully saturated rings. The van der Waals surface area contributed by atoms with Crippen LogP contribution in [0.5, 0.6) is 0 Å². The van der Waals surface area contributed by atoms with Crippen LogP contribution in [0.2, 0.25) is 0 Å². The first-order chi connectivity index (χ1) is 7.47. The van der Waals surface area contributed by atoms with Crippen LogP contribution in [0.4, 0.5) is 0 Å². The van der Waals surface area contributed by atoms with Gasteiger partial charge in [-0.2, -0.15) is 5.10 Å². The van der Waals surface area contributed by atoms with Crippen molar-refractivity contribution in [1.82, 2.24) is 15.1 Å². The van der Waals surface area contributed by atoms with E-state index in [1.54, 1.807) is 6.07 Å². The maximum Gasteiger partial charge on any atom is 0.326 e. The fourth-order valence-corrected chi connectivity index (χ4v) is 1.17. The number of nitrogens with one attached hydrogen (secondary N) is 1. The summed E-state index contributed by atoms with van der Waals surface area (Å²) in [7, 11) is 1.45. The van der Waals surface area contributed by atoms with Crippen LogP contribution in [0, 0.1) is 0 Å². The highest BCUT2D eigenvalue weighted by molar-refractivity contribution is 5.94. The van der Waals surface area contributed by atoms with Gasteiger partial charge >= 0.3 is 5.97 Å². The number of H-pyrrole nitrogens is 1. The molecule has 0 aliphatic carbocycles. The van der Waals surface area contributed by atoms with Gasteiger partial charge in [0.05, 0.1) is 0 Å². The van der Waals surface area contributed by atoms with E-state index in [9.17, 15) is 9.59 Å². The molecule has 1 aromatic heterocycles. The third-order valence-corrected chi connectivity index (χ3v) is 2.49. The number of hydrogen-bond donors (Lipinski definition) is 2. The van der Waals surface area contributed by atoms with Crippen LogP contribution in [0.3, 0.4) is 0 Å². The van der Waals surface area contributed by atoms with Crippen molar-refractivity contribution in [2.45, 2.75) is 26.3 Å². The molecule has 0 radical (unpaired) electrons. The van der Waals surface area contributed by atoms with Gasteiger partial charge in [0.2, 0.25) is 0 Å². The third-order valence-electron chi connectivity index (χ3n) is 2.49. The van der Waals surface area contributed by atoms with E-state index in [0.29, 0.717) is 0 Å². The number of aliphatic carboxylic acids is 1. The summed E-state index contributed by atoms with van der Waals surface area (Å²) >= 11 is 0. The smallest absolute Gasteiger partial charge is 0.326 e. The van der Waals surface area contributed by atoms with E-state index in [4.69, 9.17) is 5.11 Å². The molecule has 0 aliphatic rings. The topological polar surface area (TPSA) is 86.3 Å². The molecule has 0 bridgehead atoms. The number of carbonyl (C=O) groups is 2. The van der Waals surface area contributed by atoms with Crippen molar-refractivity contribution < 1.29 is 14.7 Å². The predicted molar refractivity (Wildman–Crippen MR) is 57.2 cm³/mol. The lowest BCUT2D eigenvalue weighted by atomic mass is 10.2. The lowest BCUT2D eigenvalue weighted by Crippen LogP contribution is -2.40. The molecule has 0 spiro atoms. The summed E-state index contributed by atoms with van der Waals surface area (Å²) < 4.78 is 0. The average molecular weight is 225 g/mol. The molecule has 1 heterocycles. The average Bonchev–Trinajstić information content (AvgIpc) is 2.74. The maximum atomic E-state index is 11.8. The van der Waals surface area contributed by atoms with Crippen LogP contribution >= 0.6 is 0 Å². The Bertz CT molecular complexity index is 400. The van der Waals surface area contributed by atoms with E-state index in [1.165, 1.54) is 14.0 Å². The Labute approximate surface area is 93.3 Å². The van der Waals surface area contributed by atoms with E-state index in [0.717, 1.165) is 17.0 Å². The molecule has 0 saturated heterocycles. The van der Waals surface area contributed by atoms with Gasteiger partial charge in [-0.15, -0.1) is 0 Å². The zero-order valence-corrected chi connectivity index (χ0v) is 9.52. The molecule has 1 rings (SSSR count). The summed E-state index contributed by atoms with van der Waals surface area (Å²) in [5.74, 6) is -1.44. The number of likely N-dealkylation sites (N-methyl/N-ethyl adjacent to an activating group) is 1. The van der Waals surface area contributed by atoms with Crippen molar-refractivity contribution in [2.75, 3.05) is 7.05 Å². The number of carbonyl (C=O) groups excluding carboxylic acids is 1. The number of aryl methyl sites for hydroxylation is 1. The Morgan fingerprint density at radius 2 is 2.25 bits per heavy atom. The first-order valence-electron chi connectivity index (χ1n) is 5.01. The predicted octanol–water partition coefficient (Wildman–Crippen LogP) is 0.517. The molecule has 0 aromatic carbocycles. The zero-order chi connectivity index (χ0) is 12.3. The highest BCUT2D eigenvalue weighted by Crippen LogP contribution is 2.06. The van der Waals surface area contributed by atoms with Crippen LogP contribution in [-0.4, -0.2) is 45.2 Å². The van der Waals surface area contributed by atoms with E-state index in [2.05, 4.69) is 10.2 Å². The molecule has 0 saturated carbocycles. The molecule has 6 heteroatoms. The van der Waals surface area contributed by atoms with Gasteiger partial charge in [-0.05, 0) is 19.4 Å². The molecule has 1 amide bonds. The Balaban J connectivity index is 2.81. The van der Waals surface area contributed by atoms with Crippen LogP contribution < -0.4 is 0 Å². The van der Waals surface area contributed by atoms with Gasteiger partial charge in [-0.3, -0.25) is 9.89 Å². The molecular formula is C10H15N3O3. The molecule has 88 valence electrons. The van der Waals surface area contributed by atoms with Crippen LogP contribution in [0.1, 0.15) is 30.0 Å². The van der Waals surface area contributed by atoms with Crippen molar-refractivity contribution in [1.29, 1.82) is 0 Å². The number of nitrogens with zero attached hydrogens (tertiary/aromatic N) is 2. The van der Waals surface area contributed by atoms with Gasteiger partial charge in [0, 0.05) is 12.7 Å².